The SMILES string of the molecule is CCC1Cc2c(Br)c(C)c(Br)c(C)c2C(O)O1. The summed E-state index contributed by atoms with van der Waals surface area (Å²) in [5.74, 6) is 0. The fourth-order valence-electron chi connectivity index (χ4n) is 2.37. The number of rotatable bonds is 1. The van der Waals surface area contributed by atoms with Crippen LogP contribution in [-0.2, 0) is 11.2 Å². The lowest BCUT2D eigenvalue weighted by Crippen LogP contribution is -2.27. The standard InChI is InChI=1S/C13H16Br2O2/c1-4-8-5-9-10(13(16)17-8)6(2)11(14)7(3)12(9)15/h8,13,16H,4-5H2,1-3H3. The minimum atomic E-state index is -0.808. The molecule has 1 heterocycles. The van der Waals surface area contributed by atoms with Gasteiger partial charge in [-0.3, -0.25) is 0 Å². The Balaban J connectivity index is 2.63. The summed E-state index contributed by atoms with van der Waals surface area (Å²) in [5.41, 5.74) is 4.36. The van der Waals surface area contributed by atoms with Crippen LogP contribution >= 0.6 is 31.9 Å². The molecule has 0 aromatic heterocycles. The molecule has 0 aliphatic carbocycles. The molecule has 2 atom stereocenters. The molecule has 2 unspecified atom stereocenters. The molecule has 0 bridgehead atoms. The Kier molecular flexibility index (Phi) is 3.98. The molecule has 0 saturated heterocycles. The van der Waals surface area contributed by atoms with E-state index in [4.69, 9.17) is 4.74 Å². The van der Waals surface area contributed by atoms with E-state index in [2.05, 4.69) is 45.7 Å². The fourth-order valence-corrected chi connectivity index (χ4v) is 3.62. The average Bonchev–Trinajstić information content (AvgIpc) is 2.32. The summed E-state index contributed by atoms with van der Waals surface area (Å²) in [7, 11) is 0. The number of ether oxygens (including phenoxy) is 1. The number of hydrogen-bond acceptors (Lipinski definition) is 2. The number of aliphatic hydroxyl groups is 1. The van der Waals surface area contributed by atoms with Crippen molar-refractivity contribution in [1.29, 1.82) is 0 Å². The van der Waals surface area contributed by atoms with Gasteiger partial charge in [0.05, 0.1) is 6.10 Å². The van der Waals surface area contributed by atoms with Gasteiger partial charge in [-0.15, -0.1) is 0 Å². The largest absolute Gasteiger partial charge is 0.364 e. The fraction of sp³-hybridized carbons (Fsp3) is 0.538. The predicted molar refractivity (Wildman–Crippen MR) is 75.1 cm³/mol. The lowest BCUT2D eigenvalue weighted by atomic mass is 9.91. The second-order valence-corrected chi connectivity index (χ2v) is 6.08. The normalized spacial score (nSPS) is 23.6. The van der Waals surface area contributed by atoms with Gasteiger partial charge in [0.25, 0.3) is 0 Å². The summed E-state index contributed by atoms with van der Waals surface area (Å²) in [6.45, 7) is 6.17. The van der Waals surface area contributed by atoms with E-state index in [1.807, 2.05) is 6.92 Å². The summed E-state index contributed by atoms with van der Waals surface area (Å²) >= 11 is 7.21. The van der Waals surface area contributed by atoms with Crippen LogP contribution in [0.25, 0.3) is 0 Å². The van der Waals surface area contributed by atoms with Gasteiger partial charge in [-0.2, -0.15) is 0 Å². The molecular weight excluding hydrogens is 348 g/mol. The van der Waals surface area contributed by atoms with Crippen molar-refractivity contribution in [3.63, 3.8) is 0 Å². The first-order valence-corrected chi connectivity index (χ1v) is 7.36. The minimum absolute atomic E-state index is 0.105. The topological polar surface area (TPSA) is 29.5 Å². The lowest BCUT2D eigenvalue weighted by Gasteiger charge is -2.32. The monoisotopic (exact) mass is 362 g/mol. The van der Waals surface area contributed by atoms with Crippen molar-refractivity contribution in [2.75, 3.05) is 0 Å². The third kappa shape index (κ3) is 2.21. The summed E-state index contributed by atoms with van der Waals surface area (Å²) < 4.78 is 7.74. The predicted octanol–water partition coefficient (Wildman–Crippen LogP) is 4.17. The molecular formula is C13H16Br2O2. The van der Waals surface area contributed by atoms with Crippen LogP contribution in [0.15, 0.2) is 8.95 Å². The molecule has 0 saturated carbocycles. The summed E-state index contributed by atoms with van der Waals surface area (Å²) in [6, 6.07) is 0. The second-order valence-electron chi connectivity index (χ2n) is 4.49. The summed E-state index contributed by atoms with van der Waals surface area (Å²) in [4.78, 5) is 0. The van der Waals surface area contributed by atoms with Gasteiger partial charge >= 0.3 is 0 Å². The highest BCUT2D eigenvalue weighted by Crippen LogP contribution is 2.41. The van der Waals surface area contributed by atoms with Crippen molar-refractivity contribution in [3.8, 4) is 0 Å². The van der Waals surface area contributed by atoms with E-state index in [0.717, 1.165) is 32.9 Å². The molecule has 17 heavy (non-hydrogen) atoms. The molecule has 4 heteroatoms. The van der Waals surface area contributed by atoms with E-state index in [0.29, 0.717) is 0 Å². The maximum absolute atomic E-state index is 10.1. The quantitative estimate of drug-likeness (QED) is 0.811. The second kappa shape index (κ2) is 5.00. The van der Waals surface area contributed by atoms with Gasteiger partial charge in [0.2, 0.25) is 0 Å². The van der Waals surface area contributed by atoms with Gasteiger partial charge in [0.1, 0.15) is 0 Å². The average molecular weight is 364 g/mol. The van der Waals surface area contributed by atoms with Crippen LogP contribution in [0.4, 0.5) is 0 Å². The van der Waals surface area contributed by atoms with E-state index < -0.39 is 6.29 Å². The molecule has 0 radical (unpaired) electrons. The number of halogens is 2. The molecule has 94 valence electrons. The Morgan fingerprint density at radius 3 is 2.47 bits per heavy atom. The molecule has 2 rings (SSSR count). The first-order valence-electron chi connectivity index (χ1n) is 5.77. The van der Waals surface area contributed by atoms with Crippen molar-refractivity contribution in [2.45, 2.75) is 46.0 Å². The molecule has 0 fully saturated rings. The zero-order valence-electron chi connectivity index (χ0n) is 10.2. The zero-order valence-corrected chi connectivity index (χ0v) is 13.4. The van der Waals surface area contributed by atoms with Crippen LogP contribution in [-0.4, -0.2) is 11.2 Å². The first kappa shape index (κ1) is 13.5. The molecule has 1 aromatic rings. The Hall–Kier alpha value is 0.1000. The maximum Gasteiger partial charge on any atom is 0.182 e. The third-order valence-corrected chi connectivity index (χ3v) is 5.70. The Bertz CT molecular complexity index is 457. The number of aliphatic hydroxyl groups excluding tert-OH is 1. The Morgan fingerprint density at radius 1 is 1.24 bits per heavy atom. The Morgan fingerprint density at radius 2 is 1.88 bits per heavy atom. The van der Waals surface area contributed by atoms with Crippen LogP contribution in [0, 0.1) is 13.8 Å². The first-order chi connectivity index (χ1) is 7.97. The highest BCUT2D eigenvalue weighted by Gasteiger charge is 2.30. The number of fused-ring (bicyclic) bond motifs is 1. The van der Waals surface area contributed by atoms with E-state index in [9.17, 15) is 5.11 Å². The van der Waals surface area contributed by atoms with Gasteiger partial charge in [-0.1, -0.05) is 38.8 Å². The molecule has 1 N–H and O–H groups in total. The van der Waals surface area contributed by atoms with E-state index in [-0.39, 0.29) is 6.10 Å². The van der Waals surface area contributed by atoms with Gasteiger partial charge in [0, 0.05) is 20.9 Å². The Labute approximate surface area is 119 Å². The molecule has 0 spiro atoms. The summed E-state index contributed by atoms with van der Waals surface area (Å²) in [6.07, 6.45) is 1.07. The van der Waals surface area contributed by atoms with E-state index in [1.54, 1.807) is 0 Å². The van der Waals surface area contributed by atoms with Crippen LogP contribution in [0.2, 0.25) is 0 Å². The molecule has 1 aliphatic rings. The van der Waals surface area contributed by atoms with Crippen molar-refractivity contribution < 1.29 is 9.84 Å². The third-order valence-electron chi connectivity index (χ3n) is 3.44. The van der Waals surface area contributed by atoms with Crippen LogP contribution in [0.1, 0.15) is 41.9 Å². The lowest BCUT2D eigenvalue weighted by molar-refractivity contribution is -0.150. The van der Waals surface area contributed by atoms with Crippen molar-refractivity contribution >= 4 is 31.9 Å². The van der Waals surface area contributed by atoms with Crippen LogP contribution in [0.3, 0.4) is 0 Å². The molecule has 2 nitrogen and oxygen atoms in total. The highest BCUT2D eigenvalue weighted by atomic mass is 79.9. The van der Waals surface area contributed by atoms with Gasteiger partial charge in [0.15, 0.2) is 6.29 Å². The number of benzene rings is 1. The minimum Gasteiger partial charge on any atom is -0.364 e. The zero-order chi connectivity index (χ0) is 12.7. The van der Waals surface area contributed by atoms with E-state index >= 15 is 0 Å². The molecule has 1 aromatic carbocycles. The molecule has 0 amide bonds. The number of hydrogen-bond donors (Lipinski definition) is 1. The van der Waals surface area contributed by atoms with E-state index in [1.165, 1.54) is 11.1 Å². The van der Waals surface area contributed by atoms with Crippen molar-refractivity contribution in [2.24, 2.45) is 0 Å². The maximum atomic E-state index is 10.1. The van der Waals surface area contributed by atoms with Crippen LogP contribution < -0.4 is 0 Å². The smallest absolute Gasteiger partial charge is 0.182 e. The van der Waals surface area contributed by atoms with Crippen LogP contribution in [0.5, 0.6) is 0 Å². The van der Waals surface area contributed by atoms with Crippen molar-refractivity contribution in [1.82, 2.24) is 0 Å². The van der Waals surface area contributed by atoms with Crippen molar-refractivity contribution in [3.05, 3.63) is 31.2 Å². The summed E-state index contributed by atoms with van der Waals surface area (Å²) in [5, 5.41) is 10.1. The van der Waals surface area contributed by atoms with Gasteiger partial charge in [-0.05, 0) is 37.0 Å². The highest BCUT2D eigenvalue weighted by molar-refractivity contribution is 9.11. The van der Waals surface area contributed by atoms with Gasteiger partial charge < -0.3 is 9.84 Å². The van der Waals surface area contributed by atoms with Gasteiger partial charge in [-0.25, -0.2) is 0 Å². The molecule has 1 aliphatic heterocycles.